The molecule has 0 bridgehead atoms. The van der Waals surface area contributed by atoms with Crippen LogP contribution >= 0.6 is 0 Å². The largest absolute Gasteiger partial charge is 0.375 e. The summed E-state index contributed by atoms with van der Waals surface area (Å²) < 4.78 is 21.6. The third-order valence-corrected chi connectivity index (χ3v) is 2.02. The summed E-state index contributed by atoms with van der Waals surface area (Å²) in [5.74, 6) is -0.227. The molecule has 0 saturated carbocycles. The Morgan fingerprint density at radius 3 is 2.27 bits per heavy atom. The first kappa shape index (κ1) is 10.3. The number of rotatable bonds is 3. The Bertz CT molecular complexity index is 235. The van der Waals surface area contributed by atoms with Crippen LogP contribution in [0.15, 0.2) is 0 Å². The van der Waals surface area contributed by atoms with E-state index in [0.717, 1.165) is 0 Å². The quantitative estimate of drug-likeness (QED) is 0.290. The van der Waals surface area contributed by atoms with Crippen molar-refractivity contribution in [2.75, 3.05) is 6.73 Å². The summed E-state index contributed by atoms with van der Waals surface area (Å²) in [4.78, 5) is 0. The van der Waals surface area contributed by atoms with E-state index in [-0.39, 0.29) is 12.3 Å². The maximum absolute atomic E-state index is 10.6. The van der Waals surface area contributed by atoms with Crippen LogP contribution in [0.1, 0.15) is 13.3 Å². The van der Waals surface area contributed by atoms with Gasteiger partial charge in [0.2, 0.25) is 0 Å². The molecule has 66 valence electrons. The van der Waals surface area contributed by atoms with Crippen molar-refractivity contribution in [2.24, 2.45) is 5.14 Å². The summed E-state index contributed by atoms with van der Waals surface area (Å²) in [6, 6.07) is 0. The summed E-state index contributed by atoms with van der Waals surface area (Å²) in [5.41, 5.74) is 0. The molecule has 11 heavy (non-hydrogen) atoms. The average molecular weight is 181 g/mol. The number of nitrogens with two attached hydrogens (primary N) is 1. The van der Waals surface area contributed by atoms with Gasteiger partial charge in [0.15, 0.2) is 0 Å². The summed E-state index contributed by atoms with van der Waals surface area (Å²) >= 11 is 0. The highest BCUT2D eigenvalue weighted by Gasteiger charge is 2.17. The van der Waals surface area contributed by atoms with Gasteiger partial charge in [-0.2, -0.15) is 8.42 Å². The Morgan fingerprint density at radius 2 is 2.18 bits per heavy atom. The van der Waals surface area contributed by atoms with Crippen LogP contribution in [-0.2, 0) is 10.2 Å². The molecule has 0 rings (SSSR count). The molecular weight excluding hydrogens is 170 g/mol. The molecule has 7 heteroatoms. The Balaban J connectivity index is 4.56. The van der Waals surface area contributed by atoms with Crippen molar-refractivity contribution in [3.8, 4) is 0 Å². The standard InChI is InChI=1S/C4H11N3O3S/c1-2-4(5)7(3-8)11(6,9)10/h5,8H,2-3H2,1H3,(H2,6,9,10). The second-order valence-electron chi connectivity index (χ2n) is 1.84. The molecule has 0 saturated heterocycles. The maximum Gasteiger partial charge on any atom is 0.301 e. The highest BCUT2D eigenvalue weighted by Crippen LogP contribution is 1.96. The van der Waals surface area contributed by atoms with Gasteiger partial charge in [-0.3, -0.25) is 5.41 Å². The average Bonchev–Trinajstić information content (AvgIpc) is 1.86. The first-order valence-electron chi connectivity index (χ1n) is 2.92. The van der Waals surface area contributed by atoms with E-state index in [1.807, 2.05) is 0 Å². The number of aliphatic hydroxyl groups excluding tert-OH is 1. The van der Waals surface area contributed by atoms with Gasteiger partial charge in [0, 0.05) is 6.42 Å². The van der Waals surface area contributed by atoms with Gasteiger partial charge in [-0.1, -0.05) is 6.92 Å². The Morgan fingerprint density at radius 1 is 1.73 bits per heavy atom. The van der Waals surface area contributed by atoms with Crippen molar-refractivity contribution in [2.45, 2.75) is 13.3 Å². The van der Waals surface area contributed by atoms with Crippen LogP contribution < -0.4 is 5.14 Å². The van der Waals surface area contributed by atoms with Gasteiger partial charge in [0.1, 0.15) is 12.6 Å². The lowest BCUT2D eigenvalue weighted by Crippen LogP contribution is -2.41. The fourth-order valence-corrected chi connectivity index (χ4v) is 1.09. The summed E-state index contributed by atoms with van der Waals surface area (Å²) in [7, 11) is -3.97. The summed E-state index contributed by atoms with van der Waals surface area (Å²) in [6.45, 7) is 0.807. The zero-order valence-corrected chi connectivity index (χ0v) is 6.93. The van der Waals surface area contributed by atoms with Gasteiger partial charge >= 0.3 is 10.2 Å². The number of nitrogens with zero attached hydrogens (tertiary/aromatic N) is 1. The molecule has 0 aromatic carbocycles. The highest BCUT2D eigenvalue weighted by molar-refractivity contribution is 7.87. The topological polar surface area (TPSA) is 107 Å². The first-order valence-corrected chi connectivity index (χ1v) is 4.42. The molecule has 0 unspecified atom stereocenters. The van der Waals surface area contributed by atoms with Crippen molar-refractivity contribution in [1.82, 2.24) is 4.31 Å². The van der Waals surface area contributed by atoms with Gasteiger partial charge in [-0.05, 0) is 0 Å². The lowest BCUT2D eigenvalue weighted by molar-refractivity contribution is 0.224. The van der Waals surface area contributed by atoms with Crippen LogP contribution in [0, 0.1) is 5.41 Å². The minimum atomic E-state index is -3.97. The van der Waals surface area contributed by atoms with Crippen LogP contribution in [0.4, 0.5) is 0 Å². The molecule has 0 aromatic heterocycles. The summed E-state index contributed by atoms with van der Waals surface area (Å²) in [6.07, 6.45) is 0.205. The van der Waals surface area contributed by atoms with Crippen molar-refractivity contribution in [3.05, 3.63) is 0 Å². The molecule has 0 atom stereocenters. The minimum absolute atomic E-state index is 0.205. The molecule has 0 spiro atoms. The normalized spacial score (nSPS) is 11.2. The predicted molar refractivity (Wildman–Crippen MR) is 40.0 cm³/mol. The van der Waals surface area contributed by atoms with E-state index in [1.54, 1.807) is 6.92 Å². The minimum Gasteiger partial charge on any atom is -0.375 e. The molecule has 0 heterocycles. The molecule has 0 fully saturated rings. The molecule has 4 N–H and O–H groups in total. The van der Waals surface area contributed by atoms with E-state index in [4.69, 9.17) is 10.5 Å². The highest BCUT2D eigenvalue weighted by atomic mass is 32.2. The van der Waals surface area contributed by atoms with Gasteiger partial charge in [0.25, 0.3) is 0 Å². The Labute approximate surface area is 65.3 Å². The van der Waals surface area contributed by atoms with Crippen LogP contribution in [0.25, 0.3) is 0 Å². The molecule has 0 radical (unpaired) electrons. The molecule has 0 amide bonds. The van der Waals surface area contributed by atoms with Gasteiger partial charge in [-0.15, -0.1) is 0 Å². The predicted octanol–water partition coefficient (Wildman–Crippen LogP) is -1.17. The van der Waals surface area contributed by atoms with E-state index in [2.05, 4.69) is 5.14 Å². The Kier molecular flexibility index (Phi) is 3.43. The zero-order chi connectivity index (χ0) is 9.07. The van der Waals surface area contributed by atoms with Gasteiger partial charge < -0.3 is 5.11 Å². The fourth-order valence-electron chi connectivity index (χ4n) is 0.496. The second-order valence-corrected chi connectivity index (χ2v) is 3.31. The molecule has 0 aromatic rings. The van der Waals surface area contributed by atoms with E-state index < -0.39 is 16.9 Å². The monoisotopic (exact) mass is 181 g/mol. The second kappa shape index (κ2) is 3.65. The van der Waals surface area contributed by atoms with E-state index in [1.165, 1.54) is 0 Å². The number of aliphatic hydroxyl groups is 1. The van der Waals surface area contributed by atoms with Crippen molar-refractivity contribution < 1.29 is 13.5 Å². The van der Waals surface area contributed by atoms with E-state index in [0.29, 0.717) is 4.31 Å². The van der Waals surface area contributed by atoms with E-state index in [9.17, 15) is 8.42 Å². The number of hydrogen-bond acceptors (Lipinski definition) is 4. The van der Waals surface area contributed by atoms with Crippen LogP contribution in [0.5, 0.6) is 0 Å². The summed E-state index contributed by atoms with van der Waals surface area (Å²) in [5, 5.41) is 20.2. The van der Waals surface area contributed by atoms with Crippen LogP contribution in [0.2, 0.25) is 0 Å². The molecule has 0 aliphatic heterocycles. The van der Waals surface area contributed by atoms with Crippen molar-refractivity contribution in [3.63, 3.8) is 0 Å². The smallest absolute Gasteiger partial charge is 0.301 e. The SMILES string of the molecule is CCC(=N)N(CO)S(N)(=O)=O. The van der Waals surface area contributed by atoms with Crippen LogP contribution in [0.3, 0.4) is 0 Å². The van der Waals surface area contributed by atoms with Crippen LogP contribution in [-0.4, -0.2) is 30.4 Å². The lowest BCUT2D eigenvalue weighted by Gasteiger charge is -2.17. The number of amidine groups is 1. The molecule has 0 aliphatic carbocycles. The molecule has 0 aliphatic rings. The van der Waals surface area contributed by atoms with Gasteiger partial charge in [-0.25, -0.2) is 9.44 Å². The number of nitrogens with one attached hydrogen (secondary N) is 1. The van der Waals surface area contributed by atoms with Crippen molar-refractivity contribution >= 4 is 16.0 Å². The zero-order valence-electron chi connectivity index (χ0n) is 6.11. The fraction of sp³-hybridized carbons (Fsp3) is 0.750. The molecular formula is C4H11N3O3S. The van der Waals surface area contributed by atoms with Crippen molar-refractivity contribution in [1.29, 1.82) is 5.41 Å². The molecule has 6 nitrogen and oxygen atoms in total. The van der Waals surface area contributed by atoms with Gasteiger partial charge in [0.05, 0.1) is 0 Å². The number of hydrogen-bond donors (Lipinski definition) is 3. The lowest BCUT2D eigenvalue weighted by atomic mass is 10.4. The first-order chi connectivity index (χ1) is 4.93. The third-order valence-electron chi connectivity index (χ3n) is 1.07. The Hall–Kier alpha value is -0.660. The van der Waals surface area contributed by atoms with E-state index >= 15 is 0 Å². The maximum atomic E-state index is 10.6. The third kappa shape index (κ3) is 2.83.